The maximum atomic E-state index is 9.48. The molecule has 0 amide bonds. The third-order valence-corrected chi connectivity index (χ3v) is 15.4. The first-order valence-electron chi connectivity index (χ1n) is 20.2. The van der Waals surface area contributed by atoms with Gasteiger partial charge in [-0.2, -0.15) is 10.5 Å². The Kier molecular flexibility index (Phi) is 10.6. The zero-order valence-corrected chi connectivity index (χ0v) is 36.7. The minimum atomic E-state index is -1.45. The molecule has 288 valence electrons. The second-order valence-corrected chi connectivity index (χ2v) is 27.6. The van der Waals surface area contributed by atoms with E-state index in [0.717, 1.165) is 46.1 Å². The van der Waals surface area contributed by atoms with Crippen molar-refractivity contribution in [2.75, 3.05) is 9.80 Å². The number of hydrogen-bond acceptors (Lipinski definition) is 4. The summed E-state index contributed by atoms with van der Waals surface area (Å²) >= 11 is 0. The van der Waals surface area contributed by atoms with Crippen LogP contribution in [-0.2, 0) is 6.42 Å². The fraction of sp³-hybridized carbons (Fsp3) is 0.132. The molecule has 7 aromatic carbocycles. The highest BCUT2D eigenvalue weighted by molar-refractivity contribution is 6.89. The molecule has 0 heterocycles. The van der Waals surface area contributed by atoms with Crippen LogP contribution in [0, 0.1) is 22.7 Å². The van der Waals surface area contributed by atoms with Crippen molar-refractivity contribution in [2.45, 2.75) is 45.7 Å². The summed E-state index contributed by atoms with van der Waals surface area (Å²) in [4.78, 5) is 4.55. The van der Waals surface area contributed by atoms with E-state index in [1.165, 1.54) is 38.2 Å². The number of benzene rings is 7. The van der Waals surface area contributed by atoms with E-state index in [-0.39, 0.29) is 0 Å². The summed E-state index contributed by atoms with van der Waals surface area (Å²) in [6.45, 7) is 14.2. The van der Waals surface area contributed by atoms with E-state index in [4.69, 9.17) is 0 Å². The van der Waals surface area contributed by atoms with Crippen molar-refractivity contribution in [3.63, 3.8) is 0 Å². The zero-order valence-electron chi connectivity index (χ0n) is 34.7. The van der Waals surface area contributed by atoms with Crippen molar-refractivity contribution in [3.05, 3.63) is 191 Å². The summed E-state index contributed by atoms with van der Waals surface area (Å²) in [6.07, 6.45) is 5.26. The van der Waals surface area contributed by atoms with Crippen LogP contribution in [-0.4, -0.2) is 16.1 Å². The number of fused-ring (bicyclic) bond motifs is 3. The standard InChI is InChI=1S/C53H48N4Si2/c1-58(2,3)50-27-22-47(23-28-50)56(45-18-11-40(36-54)12-19-45)44-16-9-38(10-17-44)7-8-39-15-31-52-42(33-39)34-43-35-49(26-32-53(43)52)57(46-20-13-41(37-55)14-21-46)48-24-29-51(30-25-48)59(4,5)6/h7-33,35H,34H2,1-6H3/b8-7+. The van der Waals surface area contributed by atoms with Crippen molar-refractivity contribution in [1.82, 2.24) is 0 Å². The molecule has 6 heteroatoms. The molecule has 0 N–H and O–H groups in total. The van der Waals surface area contributed by atoms with Crippen molar-refractivity contribution in [1.29, 1.82) is 10.5 Å². The van der Waals surface area contributed by atoms with Crippen LogP contribution in [0.4, 0.5) is 34.1 Å². The van der Waals surface area contributed by atoms with Gasteiger partial charge in [0, 0.05) is 34.1 Å². The lowest BCUT2D eigenvalue weighted by Crippen LogP contribution is -2.37. The maximum absolute atomic E-state index is 9.48. The Hall–Kier alpha value is -6.71. The molecule has 7 aromatic rings. The van der Waals surface area contributed by atoms with Gasteiger partial charge in [0.1, 0.15) is 0 Å². The van der Waals surface area contributed by atoms with Crippen molar-refractivity contribution >= 4 is 72.8 Å². The SMILES string of the molecule is C[Si](C)(C)c1ccc(N(c2ccc(C#N)cc2)c2ccc(/C=C/c3ccc4c(c3)Cc3cc(N(c5ccc(C#N)cc5)c5ccc([Si](C)(C)C)cc5)ccc3-4)cc2)cc1. The third-order valence-electron chi connectivity index (χ3n) is 11.3. The van der Waals surface area contributed by atoms with Crippen LogP contribution in [0.5, 0.6) is 0 Å². The van der Waals surface area contributed by atoms with Gasteiger partial charge < -0.3 is 9.80 Å². The number of hydrogen-bond donors (Lipinski definition) is 0. The van der Waals surface area contributed by atoms with Crippen molar-refractivity contribution < 1.29 is 0 Å². The molecule has 0 aromatic heterocycles. The third kappa shape index (κ3) is 8.33. The molecular weight excluding hydrogens is 749 g/mol. The van der Waals surface area contributed by atoms with E-state index in [0.29, 0.717) is 11.1 Å². The highest BCUT2D eigenvalue weighted by Crippen LogP contribution is 2.42. The minimum absolute atomic E-state index is 0.647. The normalized spacial score (nSPS) is 12.1. The van der Waals surface area contributed by atoms with Crippen LogP contribution in [0.1, 0.15) is 33.4 Å². The molecule has 0 saturated carbocycles. The fourth-order valence-corrected chi connectivity index (χ4v) is 10.2. The van der Waals surface area contributed by atoms with Gasteiger partial charge in [0.25, 0.3) is 0 Å². The van der Waals surface area contributed by atoms with Gasteiger partial charge in [-0.05, 0) is 137 Å². The van der Waals surface area contributed by atoms with Crippen LogP contribution in [0.3, 0.4) is 0 Å². The van der Waals surface area contributed by atoms with E-state index in [2.05, 4.69) is 183 Å². The lowest BCUT2D eigenvalue weighted by atomic mass is 10.0. The molecule has 1 aliphatic rings. The molecule has 1 aliphatic carbocycles. The highest BCUT2D eigenvalue weighted by atomic mass is 28.3. The quantitative estimate of drug-likeness (QED) is 0.102. The maximum Gasteiger partial charge on any atom is 0.0991 e. The molecule has 0 unspecified atom stereocenters. The van der Waals surface area contributed by atoms with Crippen molar-refractivity contribution in [2.24, 2.45) is 0 Å². The average Bonchev–Trinajstić information content (AvgIpc) is 3.61. The molecule has 0 aliphatic heterocycles. The van der Waals surface area contributed by atoms with Crippen molar-refractivity contribution in [3.8, 4) is 23.3 Å². The highest BCUT2D eigenvalue weighted by Gasteiger charge is 2.23. The van der Waals surface area contributed by atoms with Gasteiger partial charge in [0.2, 0.25) is 0 Å². The summed E-state index contributed by atoms with van der Waals surface area (Å²) in [6, 6.07) is 60.5. The Balaban J connectivity index is 1.03. The average molecular weight is 797 g/mol. The Morgan fingerprint density at radius 2 is 0.746 bits per heavy atom. The van der Waals surface area contributed by atoms with Crippen LogP contribution >= 0.6 is 0 Å². The predicted octanol–water partition coefficient (Wildman–Crippen LogP) is 13.2. The molecule has 0 bridgehead atoms. The summed E-state index contributed by atoms with van der Waals surface area (Å²) < 4.78 is 0. The Labute approximate surface area is 351 Å². The van der Waals surface area contributed by atoms with Gasteiger partial charge in [-0.25, -0.2) is 0 Å². The predicted molar refractivity (Wildman–Crippen MR) is 255 cm³/mol. The lowest BCUT2D eigenvalue weighted by molar-refractivity contribution is 1.23. The Morgan fingerprint density at radius 3 is 1.19 bits per heavy atom. The monoisotopic (exact) mass is 796 g/mol. The first-order valence-corrected chi connectivity index (χ1v) is 27.2. The first kappa shape index (κ1) is 39.1. The van der Waals surface area contributed by atoms with Gasteiger partial charge in [0.15, 0.2) is 0 Å². The topological polar surface area (TPSA) is 54.1 Å². The summed E-state index contributed by atoms with van der Waals surface area (Å²) in [5.41, 5.74) is 15.2. The van der Waals surface area contributed by atoms with E-state index in [1.807, 2.05) is 48.5 Å². The number of nitriles is 2. The fourth-order valence-electron chi connectivity index (χ4n) is 7.87. The molecule has 0 saturated heterocycles. The molecule has 0 spiro atoms. The van der Waals surface area contributed by atoms with Gasteiger partial charge in [0.05, 0.1) is 39.4 Å². The second-order valence-electron chi connectivity index (χ2n) is 17.4. The number of rotatable bonds is 10. The molecule has 0 radical (unpaired) electrons. The van der Waals surface area contributed by atoms with E-state index in [9.17, 15) is 10.5 Å². The largest absolute Gasteiger partial charge is 0.311 e. The van der Waals surface area contributed by atoms with E-state index >= 15 is 0 Å². The molecule has 4 nitrogen and oxygen atoms in total. The van der Waals surface area contributed by atoms with Gasteiger partial charge in [-0.1, -0.05) is 122 Å². The van der Waals surface area contributed by atoms with E-state index in [1.54, 1.807) is 0 Å². The second kappa shape index (κ2) is 15.9. The lowest BCUT2D eigenvalue weighted by Gasteiger charge is -2.27. The van der Waals surface area contributed by atoms with E-state index < -0.39 is 16.1 Å². The molecule has 0 fully saturated rings. The first-order chi connectivity index (χ1) is 28.4. The van der Waals surface area contributed by atoms with Crippen LogP contribution in [0.25, 0.3) is 23.3 Å². The molecule has 8 rings (SSSR count). The smallest absolute Gasteiger partial charge is 0.0991 e. The van der Waals surface area contributed by atoms with Gasteiger partial charge >= 0.3 is 0 Å². The zero-order chi connectivity index (χ0) is 41.3. The number of nitrogens with zero attached hydrogens (tertiary/aromatic N) is 4. The Morgan fingerprint density at radius 1 is 0.407 bits per heavy atom. The van der Waals surface area contributed by atoms with Crippen LogP contribution < -0.4 is 20.2 Å². The molecule has 0 atom stereocenters. The Bertz CT molecular complexity index is 2740. The van der Waals surface area contributed by atoms with Crippen LogP contribution in [0.2, 0.25) is 39.3 Å². The van der Waals surface area contributed by atoms with Gasteiger partial charge in [-0.15, -0.1) is 0 Å². The summed E-state index contributed by atoms with van der Waals surface area (Å²) in [7, 11) is -2.89. The summed E-state index contributed by atoms with van der Waals surface area (Å²) in [5.74, 6) is 0. The molecule has 59 heavy (non-hydrogen) atoms. The molecular formula is C53H48N4Si2. The number of anilines is 6. The van der Waals surface area contributed by atoms with Gasteiger partial charge in [-0.3, -0.25) is 0 Å². The summed E-state index contributed by atoms with van der Waals surface area (Å²) in [5, 5.41) is 21.7. The van der Waals surface area contributed by atoms with Crippen LogP contribution in [0.15, 0.2) is 158 Å². The minimum Gasteiger partial charge on any atom is -0.311 e.